The molecule has 4 aromatic rings. The van der Waals surface area contributed by atoms with Gasteiger partial charge in [0.05, 0.1) is 29.0 Å². The summed E-state index contributed by atoms with van der Waals surface area (Å²) in [7, 11) is 0. The number of imidazole rings is 1. The minimum atomic E-state index is -4.99. The third-order valence-corrected chi connectivity index (χ3v) is 6.43. The standard InChI is InChI=1S/C26H17ClF8N4O2/c1-12-21(23(37-11-40)17-7-15(28)2-3-18(17)27)19(8-20-22(12)36-10-39(20)9-25(30,31)32)38-24(41)13-4-14(26(33,34)35)6-16(29)5-13/h2-8,10-11,23H,9H2,1H3,(H,37,40)(H,38,41). The number of nitrogens with zero attached hydrogens (tertiary/aromatic N) is 2. The van der Waals surface area contributed by atoms with Crippen molar-refractivity contribution in [3.8, 4) is 0 Å². The molecule has 2 amide bonds. The van der Waals surface area contributed by atoms with Gasteiger partial charge >= 0.3 is 12.4 Å². The molecule has 216 valence electrons. The Morgan fingerprint density at radius 1 is 1.05 bits per heavy atom. The molecule has 0 fully saturated rings. The number of carbonyl (C=O) groups excluding carboxylic acids is 2. The van der Waals surface area contributed by atoms with Crippen LogP contribution in [0.3, 0.4) is 0 Å². The van der Waals surface area contributed by atoms with Crippen LogP contribution in [-0.2, 0) is 17.5 Å². The molecule has 1 atom stereocenters. The number of aromatic nitrogens is 2. The zero-order chi connectivity index (χ0) is 30.3. The quantitative estimate of drug-likeness (QED) is 0.177. The first-order valence-electron chi connectivity index (χ1n) is 11.5. The van der Waals surface area contributed by atoms with Gasteiger partial charge in [-0.25, -0.2) is 13.8 Å². The Labute approximate surface area is 230 Å². The number of alkyl halides is 6. The normalized spacial score (nSPS) is 12.8. The monoisotopic (exact) mass is 604 g/mol. The number of benzene rings is 3. The maximum absolute atomic E-state index is 14.2. The SMILES string of the molecule is Cc1c(C(NC=O)c2cc(F)ccc2Cl)c(NC(=O)c2cc(F)cc(C(F)(F)F)c2)cc2c1ncn2CC(F)(F)F. The molecule has 41 heavy (non-hydrogen) atoms. The third-order valence-electron chi connectivity index (χ3n) is 6.09. The summed E-state index contributed by atoms with van der Waals surface area (Å²) >= 11 is 6.25. The Balaban J connectivity index is 1.95. The summed E-state index contributed by atoms with van der Waals surface area (Å²) < 4.78 is 108. The first-order chi connectivity index (χ1) is 19.1. The van der Waals surface area contributed by atoms with E-state index in [0.29, 0.717) is 12.1 Å². The second kappa shape index (κ2) is 11.0. The number of halogens is 9. The number of fused-ring (bicyclic) bond motifs is 1. The fourth-order valence-corrected chi connectivity index (χ4v) is 4.61. The number of amides is 2. The molecule has 6 nitrogen and oxygen atoms in total. The summed E-state index contributed by atoms with van der Waals surface area (Å²) in [5, 5.41) is 4.68. The Bertz CT molecular complexity index is 1650. The van der Waals surface area contributed by atoms with Crippen molar-refractivity contribution < 1.29 is 44.7 Å². The van der Waals surface area contributed by atoms with Crippen LogP contribution in [0.25, 0.3) is 11.0 Å². The molecule has 0 saturated heterocycles. The summed E-state index contributed by atoms with van der Waals surface area (Å²) in [4.78, 5) is 28.7. The van der Waals surface area contributed by atoms with Crippen molar-refractivity contribution in [1.29, 1.82) is 0 Å². The lowest BCUT2D eigenvalue weighted by Crippen LogP contribution is -2.25. The van der Waals surface area contributed by atoms with Crippen molar-refractivity contribution in [2.24, 2.45) is 0 Å². The predicted molar refractivity (Wildman–Crippen MR) is 132 cm³/mol. The van der Waals surface area contributed by atoms with E-state index in [1.165, 1.54) is 13.0 Å². The number of nitrogens with one attached hydrogen (secondary N) is 2. The molecule has 1 heterocycles. The molecule has 4 rings (SSSR count). The van der Waals surface area contributed by atoms with Gasteiger partial charge in [-0.15, -0.1) is 0 Å². The highest BCUT2D eigenvalue weighted by molar-refractivity contribution is 6.31. The number of rotatable bonds is 7. The van der Waals surface area contributed by atoms with Gasteiger partial charge in [0.1, 0.15) is 18.2 Å². The van der Waals surface area contributed by atoms with Gasteiger partial charge in [0, 0.05) is 27.4 Å². The average Bonchev–Trinajstić information content (AvgIpc) is 3.25. The number of carbonyl (C=O) groups is 2. The maximum atomic E-state index is 14.2. The van der Waals surface area contributed by atoms with E-state index in [2.05, 4.69) is 15.6 Å². The van der Waals surface area contributed by atoms with Gasteiger partial charge in [-0.05, 0) is 55.0 Å². The van der Waals surface area contributed by atoms with Crippen molar-refractivity contribution in [3.05, 3.63) is 93.3 Å². The highest BCUT2D eigenvalue weighted by atomic mass is 35.5. The topological polar surface area (TPSA) is 76.0 Å². The Hall–Kier alpha value is -4.20. The molecule has 0 spiro atoms. The molecule has 3 aromatic carbocycles. The van der Waals surface area contributed by atoms with Gasteiger partial charge in [0.15, 0.2) is 0 Å². The van der Waals surface area contributed by atoms with Crippen LogP contribution in [0.1, 0.15) is 38.7 Å². The van der Waals surface area contributed by atoms with Gasteiger partial charge in [-0.2, -0.15) is 26.3 Å². The Morgan fingerprint density at radius 3 is 2.39 bits per heavy atom. The van der Waals surface area contributed by atoms with E-state index in [-0.39, 0.29) is 50.9 Å². The molecular weight excluding hydrogens is 588 g/mol. The molecule has 1 aromatic heterocycles. The second-order valence-electron chi connectivity index (χ2n) is 8.88. The summed E-state index contributed by atoms with van der Waals surface area (Å²) in [6, 6.07) is 4.04. The third kappa shape index (κ3) is 6.42. The van der Waals surface area contributed by atoms with E-state index in [1.807, 2.05) is 0 Å². The lowest BCUT2D eigenvalue weighted by molar-refractivity contribution is -0.140. The van der Waals surface area contributed by atoms with Crippen LogP contribution in [-0.4, -0.2) is 28.0 Å². The van der Waals surface area contributed by atoms with Crippen LogP contribution in [0.5, 0.6) is 0 Å². The first-order valence-corrected chi connectivity index (χ1v) is 11.9. The Morgan fingerprint density at radius 2 is 1.76 bits per heavy atom. The molecule has 1 unspecified atom stereocenters. The minimum Gasteiger partial charge on any atom is -0.348 e. The zero-order valence-electron chi connectivity index (χ0n) is 20.6. The van der Waals surface area contributed by atoms with Crippen molar-refractivity contribution in [2.75, 3.05) is 5.32 Å². The number of anilines is 1. The van der Waals surface area contributed by atoms with Gasteiger partial charge in [-0.1, -0.05) is 11.6 Å². The number of aryl methyl sites for hydroxylation is 1. The molecule has 0 aliphatic heterocycles. The fraction of sp³-hybridized carbons (Fsp3) is 0.192. The van der Waals surface area contributed by atoms with Crippen LogP contribution in [0.15, 0.2) is 48.8 Å². The van der Waals surface area contributed by atoms with Crippen molar-refractivity contribution in [1.82, 2.24) is 14.9 Å². The molecule has 0 aliphatic carbocycles. The van der Waals surface area contributed by atoms with Gasteiger partial charge < -0.3 is 15.2 Å². The minimum absolute atomic E-state index is 0.0117. The van der Waals surface area contributed by atoms with Gasteiger partial charge in [0.2, 0.25) is 6.41 Å². The first kappa shape index (κ1) is 29.8. The van der Waals surface area contributed by atoms with E-state index in [4.69, 9.17) is 11.6 Å². The van der Waals surface area contributed by atoms with Crippen molar-refractivity contribution in [3.63, 3.8) is 0 Å². The van der Waals surface area contributed by atoms with Crippen LogP contribution in [0.4, 0.5) is 40.8 Å². The molecular formula is C26H17ClF8N4O2. The molecule has 0 aliphatic rings. The molecule has 15 heteroatoms. The zero-order valence-corrected chi connectivity index (χ0v) is 21.3. The van der Waals surface area contributed by atoms with Crippen LogP contribution in [0.2, 0.25) is 5.02 Å². The van der Waals surface area contributed by atoms with E-state index in [1.54, 1.807) is 0 Å². The molecule has 0 radical (unpaired) electrons. The van der Waals surface area contributed by atoms with E-state index in [0.717, 1.165) is 29.1 Å². The largest absolute Gasteiger partial charge is 0.416 e. The number of hydrogen-bond donors (Lipinski definition) is 2. The van der Waals surface area contributed by atoms with Crippen LogP contribution < -0.4 is 10.6 Å². The van der Waals surface area contributed by atoms with Crippen molar-refractivity contribution in [2.45, 2.75) is 31.9 Å². The lowest BCUT2D eigenvalue weighted by Gasteiger charge is -2.24. The maximum Gasteiger partial charge on any atom is 0.416 e. The predicted octanol–water partition coefficient (Wildman–Crippen LogP) is 6.95. The fourth-order valence-electron chi connectivity index (χ4n) is 4.38. The summed E-state index contributed by atoms with van der Waals surface area (Å²) in [5.74, 6) is -3.39. The lowest BCUT2D eigenvalue weighted by atomic mass is 9.92. The van der Waals surface area contributed by atoms with Crippen molar-refractivity contribution >= 4 is 40.6 Å². The summed E-state index contributed by atoms with van der Waals surface area (Å²) in [6.07, 6.45) is -8.55. The van der Waals surface area contributed by atoms with E-state index in [9.17, 15) is 44.7 Å². The average molecular weight is 605 g/mol. The molecule has 2 N–H and O–H groups in total. The molecule has 0 bridgehead atoms. The molecule has 0 saturated carbocycles. The summed E-state index contributed by atoms with van der Waals surface area (Å²) in [5.41, 5.74) is -2.54. The number of hydrogen-bond acceptors (Lipinski definition) is 3. The highest BCUT2D eigenvalue weighted by Gasteiger charge is 2.33. The van der Waals surface area contributed by atoms with Crippen LogP contribution >= 0.6 is 11.6 Å². The Kier molecular flexibility index (Phi) is 7.98. The van der Waals surface area contributed by atoms with Crippen LogP contribution in [0, 0.1) is 18.6 Å². The van der Waals surface area contributed by atoms with Gasteiger partial charge in [-0.3, -0.25) is 9.59 Å². The van der Waals surface area contributed by atoms with E-state index < -0.39 is 53.6 Å². The smallest absolute Gasteiger partial charge is 0.348 e. The second-order valence-corrected chi connectivity index (χ2v) is 9.29. The van der Waals surface area contributed by atoms with E-state index >= 15 is 0 Å². The van der Waals surface area contributed by atoms with Gasteiger partial charge in [0.25, 0.3) is 5.91 Å². The summed E-state index contributed by atoms with van der Waals surface area (Å²) in [6.45, 7) is -0.0743. The highest BCUT2D eigenvalue weighted by Crippen LogP contribution is 2.39.